The summed E-state index contributed by atoms with van der Waals surface area (Å²) in [6.45, 7) is 1.51. The SMILES string of the molecule is COc1ccc(S(=O)(=O)N(Cc2ccncc2)[C@@H](C(=O)OCc2ccccc2)C2CCNCC2)cc1.Cl.Cl. The Morgan fingerprint density at radius 1 is 0.974 bits per heavy atom. The molecular weight excluding hydrogens is 549 g/mol. The maximum absolute atomic E-state index is 14.0. The summed E-state index contributed by atoms with van der Waals surface area (Å²) in [6, 6.07) is 18.1. The summed E-state index contributed by atoms with van der Waals surface area (Å²) in [7, 11) is -2.54. The quantitative estimate of drug-likeness (QED) is 0.357. The van der Waals surface area contributed by atoms with Gasteiger partial charge in [0.15, 0.2) is 0 Å². The number of hydrogen-bond donors (Lipinski definition) is 1. The lowest BCUT2D eigenvalue weighted by atomic mass is 9.90. The summed E-state index contributed by atoms with van der Waals surface area (Å²) in [5.74, 6) is -0.187. The minimum absolute atomic E-state index is 0. The van der Waals surface area contributed by atoms with Gasteiger partial charge >= 0.3 is 5.97 Å². The van der Waals surface area contributed by atoms with Gasteiger partial charge in [-0.15, -0.1) is 24.8 Å². The number of esters is 1. The number of sulfonamides is 1. The monoisotopic (exact) mass is 581 g/mol. The number of piperidine rings is 1. The Balaban J connectivity index is 0.00000253. The second-order valence-corrected chi connectivity index (χ2v) is 10.6. The number of hydrogen-bond acceptors (Lipinski definition) is 7. The number of carbonyl (C=O) groups excluding carboxylic acids is 1. The fourth-order valence-electron chi connectivity index (χ4n) is 4.40. The zero-order valence-corrected chi connectivity index (χ0v) is 23.5. The number of nitrogens with zero attached hydrogens (tertiary/aromatic N) is 2. The van der Waals surface area contributed by atoms with Crippen LogP contribution in [0, 0.1) is 5.92 Å². The average molecular weight is 583 g/mol. The van der Waals surface area contributed by atoms with Crippen molar-refractivity contribution in [2.24, 2.45) is 5.92 Å². The molecule has 1 aliphatic rings. The molecule has 1 fully saturated rings. The maximum Gasteiger partial charge on any atom is 0.325 e. The van der Waals surface area contributed by atoms with Gasteiger partial charge in [0, 0.05) is 18.9 Å². The number of nitrogens with one attached hydrogen (secondary N) is 1. The number of pyridine rings is 1. The Kier molecular flexibility index (Phi) is 12.5. The van der Waals surface area contributed by atoms with Crippen LogP contribution in [0.3, 0.4) is 0 Å². The summed E-state index contributed by atoms with van der Waals surface area (Å²) >= 11 is 0. The highest BCUT2D eigenvalue weighted by Crippen LogP contribution is 2.30. The van der Waals surface area contributed by atoms with E-state index in [2.05, 4.69) is 10.3 Å². The van der Waals surface area contributed by atoms with Gasteiger partial charge in [0.05, 0.1) is 12.0 Å². The molecule has 1 aliphatic heterocycles. The van der Waals surface area contributed by atoms with Crippen molar-refractivity contribution in [1.29, 1.82) is 0 Å². The number of benzene rings is 2. The third-order valence-electron chi connectivity index (χ3n) is 6.36. The highest BCUT2D eigenvalue weighted by atomic mass is 35.5. The first-order valence-electron chi connectivity index (χ1n) is 11.9. The molecule has 0 aliphatic carbocycles. The number of carbonyl (C=O) groups is 1. The lowest BCUT2D eigenvalue weighted by Gasteiger charge is -2.36. The van der Waals surface area contributed by atoms with Gasteiger partial charge in [-0.25, -0.2) is 8.42 Å². The molecule has 2 heterocycles. The van der Waals surface area contributed by atoms with Gasteiger partial charge < -0.3 is 14.8 Å². The van der Waals surface area contributed by atoms with E-state index in [1.54, 1.807) is 36.7 Å². The van der Waals surface area contributed by atoms with Crippen molar-refractivity contribution < 1.29 is 22.7 Å². The number of rotatable bonds is 10. The molecule has 2 aromatic carbocycles. The van der Waals surface area contributed by atoms with E-state index in [0.717, 1.165) is 11.1 Å². The second-order valence-electron chi connectivity index (χ2n) is 8.71. The third-order valence-corrected chi connectivity index (χ3v) is 8.20. The van der Waals surface area contributed by atoms with E-state index in [0.29, 0.717) is 31.7 Å². The molecule has 0 amide bonds. The summed E-state index contributed by atoms with van der Waals surface area (Å²) in [5.41, 5.74) is 1.57. The van der Waals surface area contributed by atoms with E-state index in [4.69, 9.17) is 9.47 Å². The molecule has 11 heteroatoms. The van der Waals surface area contributed by atoms with Crippen LogP contribution in [0.4, 0.5) is 0 Å². The Bertz CT molecular complexity index is 1230. The maximum atomic E-state index is 14.0. The van der Waals surface area contributed by atoms with Gasteiger partial charge in [0.1, 0.15) is 18.4 Å². The Labute approximate surface area is 236 Å². The first-order valence-corrected chi connectivity index (χ1v) is 13.4. The minimum atomic E-state index is -4.06. The molecule has 1 aromatic heterocycles. The number of ether oxygens (including phenoxy) is 2. The van der Waals surface area contributed by atoms with Crippen LogP contribution in [0.25, 0.3) is 0 Å². The molecule has 0 saturated carbocycles. The van der Waals surface area contributed by atoms with Crippen molar-refractivity contribution in [3.05, 3.63) is 90.3 Å². The van der Waals surface area contributed by atoms with Crippen molar-refractivity contribution in [3.8, 4) is 5.75 Å². The summed E-state index contributed by atoms with van der Waals surface area (Å²) in [6.07, 6.45) is 4.55. The van der Waals surface area contributed by atoms with Crippen LogP contribution in [0.1, 0.15) is 24.0 Å². The van der Waals surface area contributed by atoms with Gasteiger partial charge in [-0.05, 0) is 79.4 Å². The van der Waals surface area contributed by atoms with Crippen LogP contribution in [-0.4, -0.2) is 49.9 Å². The van der Waals surface area contributed by atoms with Gasteiger partial charge in [-0.2, -0.15) is 4.31 Å². The molecule has 0 unspecified atom stereocenters. The van der Waals surface area contributed by atoms with Crippen molar-refractivity contribution in [2.45, 2.75) is 36.9 Å². The van der Waals surface area contributed by atoms with Crippen LogP contribution < -0.4 is 10.1 Å². The van der Waals surface area contributed by atoms with Gasteiger partial charge in [-0.3, -0.25) is 9.78 Å². The van der Waals surface area contributed by atoms with Gasteiger partial charge in [-0.1, -0.05) is 30.3 Å². The smallest absolute Gasteiger partial charge is 0.325 e. The Morgan fingerprint density at radius 3 is 2.21 bits per heavy atom. The zero-order chi connectivity index (χ0) is 25.4. The summed E-state index contributed by atoms with van der Waals surface area (Å²) in [4.78, 5) is 17.8. The molecule has 0 radical (unpaired) electrons. The topological polar surface area (TPSA) is 97.8 Å². The lowest BCUT2D eigenvalue weighted by Crippen LogP contribution is -2.51. The van der Waals surface area contributed by atoms with E-state index < -0.39 is 22.0 Å². The molecule has 1 atom stereocenters. The lowest BCUT2D eigenvalue weighted by molar-refractivity contribution is -0.152. The molecule has 38 heavy (non-hydrogen) atoms. The van der Waals surface area contributed by atoms with Gasteiger partial charge in [0.2, 0.25) is 10.0 Å². The average Bonchev–Trinajstić information content (AvgIpc) is 2.93. The van der Waals surface area contributed by atoms with E-state index in [9.17, 15) is 13.2 Å². The molecule has 4 rings (SSSR count). The highest BCUT2D eigenvalue weighted by molar-refractivity contribution is 7.89. The molecule has 1 N–H and O–H groups in total. The predicted octanol–water partition coefficient (Wildman–Crippen LogP) is 4.24. The minimum Gasteiger partial charge on any atom is -0.497 e. The van der Waals surface area contributed by atoms with Crippen LogP contribution in [0.15, 0.2) is 84.0 Å². The van der Waals surface area contributed by atoms with E-state index in [1.807, 2.05) is 30.3 Å². The Morgan fingerprint density at radius 2 is 1.61 bits per heavy atom. The van der Waals surface area contributed by atoms with Crippen molar-refractivity contribution >= 4 is 40.8 Å². The van der Waals surface area contributed by atoms with Crippen molar-refractivity contribution in [3.63, 3.8) is 0 Å². The second kappa shape index (κ2) is 15.0. The third kappa shape index (κ3) is 7.91. The van der Waals surface area contributed by atoms with Crippen LogP contribution in [0.5, 0.6) is 5.75 Å². The molecule has 0 spiro atoms. The summed E-state index contributed by atoms with van der Waals surface area (Å²) < 4.78 is 40.3. The molecule has 1 saturated heterocycles. The van der Waals surface area contributed by atoms with E-state index in [-0.39, 0.29) is 48.8 Å². The first-order chi connectivity index (χ1) is 17.5. The fraction of sp³-hybridized carbons (Fsp3) is 0.333. The largest absolute Gasteiger partial charge is 0.497 e. The predicted molar refractivity (Wildman–Crippen MR) is 150 cm³/mol. The molecule has 0 bridgehead atoms. The van der Waals surface area contributed by atoms with Gasteiger partial charge in [0.25, 0.3) is 0 Å². The normalized spacial score (nSPS) is 14.6. The van der Waals surface area contributed by atoms with Crippen LogP contribution in [0.2, 0.25) is 0 Å². The fourth-order valence-corrected chi connectivity index (χ4v) is 6.03. The molecule has 206 valence electrons. The van der Waals surface area contributed by atoms with Crippen molar-refractivity contribution in [2.75, 3.05) is 20.2 Å². The number of methoxy groups -OCH3 is 1. The summed E-state index contributed by atoms with van der Waals surface area (Å²) in [5, 5.41) is 3.30. The van der Waals surface area contributed by atoms with E-state index >= 15 is 0 Å². The first kappa shape index (κ1) is 31.5. The van der Waals surface area contributed by atoms with Crippen LogP contribution in [-0.2, 0) is 32.7 Å². The van der Waals surface area contributed by atoms with Crippen molar-refractivity contribution in [1.82, 2.24) is 14.6 Å². The zero-order valence-electron chi connectivity index (χ0n) is 21.1. The molecule has 8 nitrogen and oxygen atoms in total. The molecule has 3 aromatic rings. The highest BCUT2D eigenvalue weighted by Gasteiger charge is 2.42. The Hall–Kier alpha value is -2.69. The van der Waals surface area contributed by atoms with E-state index in [1.165, 1.54) is 23.5 Å². The number of halogens is 2. The molecular formula is C27H33Cl2N3O5S. The number of aromatic nitrogens is 1. The van der Waals surface area contributed by atoms with Crippen LogP contribution >= 0.6 is 24.8 Å². The standard InChI is InChI=1S/C27H31N3O5S.2ClH/c1-34-24-7-9-25(10-8-24)36(32,33)30(19-21-11-15-28-16-12-21)26(23-13-17-29-18-14-23)27(31)35-20-22-5-3-2-4-6-22;;/h2-12,15-16,23,26,29H,13-14,17-20H2,1H3;2*1H/t26-;;/m1../s1.